The van der Waals surface area contributed by atoms with Crippen molar-refractivity contribution in [1.82, 2.24) is 14.8 Å². The Bertz CT molecular complexity index is 1480. The second-order valence-electron chi connectivity index (χ2n) is 9.20. The molecule has 2 aromatic heterocycles. The van der Waals surface area contributed by atoms with E-state index in [1.165, 1.54) is 28.9 Å². The summed E-state index contributed by atoms with van der Waals surface area (Å²) in [5, 5.41) is 15.1. The number of carboxylic acids is 1. The van der Waals surface area contributed by atoms with Gasteiger partial charge >= 0.3 is 12.3 Å². The second-order valence-corrected chi connectivity index (χ2v) is 9.20. The van der Waals surface area contributed by atoms with Gasteiger partial charge < -0.3 is 19.5 Å². The minimum atomic E-state index is -4.86. The number of anilines is 1. The highest BCUT2D eigenvalue weighted by Crippen LogP contribution is 2.37. The lowest BCUT2D eigenvalue weighted by atomic mass is 9.97. The Balaban J connectivity index is 1.68. The minimum Gasteiger partial charge on any atom is -0.477 e. The Kier molecular flexibility index (Phi) is 6.70. The molecule has 0 bridgehead atoms. The smallest absolute Gasteiger partial charge is 0.477 e. The van der Waals surface area contributed by atoms with Crippen molar-refractivity contribution >= 4 is 22.7 Å². The first kappa shape index (κ1) is 25.5. The standard InChI is InChI=1S/C27H25F3N4O4/c1-16(2)24-23-21(17-6-8-18(9-7-17)33-10-12-37-13-11-33)15-22(26(35)36)31-25(23)34(32-24)19-4-3-5-20(14-19)38-27(28,29)30/h3-9,14-16H,10-13H2,1-2H3,(H,35,36). The van der Waals surface area contributed by atoms with Gasteiger partial charge in [0.1, 0.15) is 5.75 Å². The number of aromatic nitrogens is 3. The molecule has 0 aliphatic carbocycles. The average Bonchev–Trinajstić information content (AvgIpc) is 3.28. The third kappa shape index (κ3) is 5.14. The lowest BCUT2D eigenvalue weighted by Crippen LogP contribution is -2.36. The topological polar surface area (TPSA) is 89.7 Å². The van der Waals surface area contributed by atoms with Gasteiger partial charge in [0.15, 0.2) is 11.3 Å². The molecule has 0 unspecified atom stereocenters. The Morgan fingerprint density at radius 3 is 2.39 bits per heavy atom. The molecule has 1 N–H and O–H groups in total. The summed E-state index contributed by atoms with van der Waals surface area (Å²) in [6.07, 6.45) is -4.86. The molecule has 0 atom stereocenters. The number of carbonyl (C=O) groups is 1. The summed E-state index contributed by atoms with van der Waals surface area (Å²) >= 11 is 0. The number of carboxylic acid groups (broad SMARTS) is 1. The van der Waals surface area contributed by atoms with Crippen molar-refractivity contribution in [1.29, 1.82) is 0 Å². The number of halogens is 3. The van der Waals surface area contributed by atoms with Gasteiger partial charge in [-0.2, -0.15) is 5.10 Å². The van der Waals surface area contributed by atoms with Gasteiger partial charge in [-0.3, -0.25) is 0 Å². The number of alkyl halides is 3. The van der Waals surface area contributed by atoms with Crippen molar-refractivity contribution in [2.24, 2.45) is 0 Å². The van der Waals surface area contributed by atoms with Crippen LogP contribution in [0.5, 0.6) is 5.75 Å². The van der Waals surface area contributed by atoms with E-state index in [1.807, 2.05) is 38.1 Å². The molecule has 0 spiro atoms. The van der Waals surface area contributed by atoms with Crippen LogP contribution in [-0.2, 0) is 4.74 Å². The van der Waals surface area contributed by atoms with E-state index in [1.54, 1.807) is 6.07 Å². The molecule has 38 heavy (non-hydrogen) atoms. The molecule has 1 aliphatic rings. The Morgan fingerprint density at radius 1 is 1.05 bits per heavy atom. The molecule has 1 aliphatic heterocycles. The maximum absolute atomic E-state index is 12.8. The number of rotatable bonds is 6. The van der Waals surface area contributed by atoms with E-state index < -0.39 is 18.1 Å². The predicted molar refractivity (Wildman–Crippen MR) is 135 cm³/mol. The second kappa shape index (κ2) is 9.97. The monoisotopic (exact) mass is 526 g/mol. The highest BCUT2D eigenvalue weighted by molar-refractivity contribution is 6.00. The van der Waals surface area contributed by atoms with Crippen LogP contribution < -0.4 is 9.64 Å². The van der Waals surface area contributed by atoms with Crippen molar-refractivity contribution in [3.05, 3.63) is 66.0 Å². The number of nitrogens with zero attached hydrogens (tertiary/aromatic N) is 4. The number of ether oxygens (including phenoxy) is 2. The van der Waals surface area contributed by atoms with E-state index >= 15 is 0 Å². The first-order valence-electron chi connectivity index (χ1n) is 12.1. The van der Waals surface area contributed by atoms with E-state index in [-0.39, 0.29) is 22.9 Å². The highest BCUT2D eigenvalue weighted by Gasteiger charge is 2.31. The fourth-order valence-corrected chi connectivity index (χ4v) is 4.55. The number of morpholine rings is 1. The summed E-state index contributed by atoms with van der Waals surface area (Å²) in [6.45, 7) is 6.74. The third-order valence-corrected chi connectivity index (χ3v) is 6.28. The molecule has 2 aromatic carbocycles. The number of benzene rings is 2. The van der Waals surface area contributed by atoms with Crippen molar-refractivity contribution in [2.75, 3.05) is 31.2 Å². The summed E-state index contributed by atoms with van der Waals surface area (Å²) in [4.78, 5) is 18.6. The lowest BCUT2D eigenvalue weighted by Gasteiger charge is -2.29. The van der Waals surface area contributed by atoms with Crippen molar-refractivity contribution in [3.63, 3.8) is 0 Å². The molecule has 4 aromatic rings. The van der Waals surface area contributed by atoms with E-state index in [0.29, 0.717) is 29.9 Å². The highest BCUT2D eigenvalue weighted by atomic mass is 19.4. The van der Waals surface area contributed by atoms with Gasteiger partial charge in [-0.05, 0) is 47.4 Å². The SMILES string of the molecule is CC(C)c1nn(-c2cccc(OC(F)(F)F)c2)c2nc(C(=O)O)cc(-c3ccc(N4CCOCC4)cc3)c12. The lowest BCUT2D eigenvalue weighted by molar-refractivity contribution is -0.274. The van der Waals surface area contributed by atoms with Gasteiger partial charge in [-0.15, -0.1) is 13.2 Å². The van der Waals surface area contributed by atoms with Crippen LogP contribution in [0.2, 0.25) is 0 Å². The van der Waals surface area contributed by atoms with Crippen molar-refractivity contribution < 1.29 is 32.5 Å². The fourth-order valence-electron chi connectivity index (χ4n) is 4.55. The van der Waals surface area contributed by atoms with Crippen LogP contribution in [0.15, 0.2) is 54.6 Å². The summed E-state index contributed by atoms with van der Waals surface area (Å²) in [5.74, 6) is -1.73. The predicted octanol–water partition coefficient (Wildman–Crippen LogP) is 5.64. The third-order valence-electron chi connectivity index (χ3n) is 6.28. The molecule has 1 fully saturated rings. The molecule has 0 amide bonds. The average molecular weight is 527 g/mol. The number of hydrogen-bond acceptors (Lipinski definition) is 6. The zero-order valence-corrected chi connectivity index (χ0v) is 20.7. The van der Waals surface area contributed by atoms with Crippen LogP contribution in [0.1, 0.15) is 35.9 Å². The van der Waals surface area contributed by atoms with Crippen LogP contribution in [0, 0.1) is 0 Å². The number of hydrogen-bond donors (Lipinski definition) is 1. The first-order valence-corrected chi connectivity index (χ1v) is 12.1. The molecule has 0 saturated carbocycles. The van der Waals surface area contributed by atoms with Gasteiger partial charge in [0.05, 0.1) is 30.0 Å². The maximum atomic E-state index is 12.8. The van der Waals surface area contributed by atoms with Gasteiger partial charge in [0, 0.05) is 24.8 Å². The quantitative estimate of drug-likeness (QED) is 0.348. The number of fused-ring (bicyclic) bond motifs is 1. The van der Waals surface area contributed by atoms with Gasteiger partial charge in [-0.25, -0.2) is 14.5 Å². The van der Waals surface area contributed by atoms with Crippen LogP contribution in [0.25, 0.3) is 27.8 Å². The normalized spacial score (nSPS) is 14.3. The Labute approximate surface area is 216 Å². The minimum absolute atomic E-state index is 0.0859. The molecule has 11 heteroatoms. The van der Waals surface area contributed by atoms with Crippen molar-refractivity contribution in [3.8, 4) is 22.6 Å². The number of pyridine rings is 1. The van der Waals surface area contributed by atoms with E-state index in [0.717, 1.165) is 24.3 Å². The zero-order chi connectivity index (χ0) is 27.0. The van der Waals surface area contributed by atoms with E-state index in [2.05, 4.69) is 19.7 Å². The molecule has 198 valence electrons. The van der Waals surface area contributed by atoms with Crippen LogP contribution in [-0.4, -0.2) is 58.5 Å². The maximum Gasteiger partial charge on any atom is 0.573 e. The molecule has 0 radical (unpaired) electrons. The van der Waals surface area contributed by atoms with Gasteiger partial charge in [0.2, 0.25) is 0 Å². The Morgan fingerprint density at radius 2 is 1.76 bits per heavy atom. The summed E-state index contributed by atoms with van der Waals surface area (Å²) in [6, 6.07) is 14.6. The summed E-state index contributed by atoms with van der Waals surface area (Å²) in [5.41, 5.74) is 3.34. The van der Waals surface area contributed by atoms with Crippen molar-refractivity contribution in [2.45, 2.75) is 26.1 Å². The molecule has 1 saturated heterocycles. The summed E-state index contributed by atoms with van der Waals surface area (Å²) < 4.78 is 49.4. The molecule has 8 nitrogen and oxygen atoms in total. The van der Waals surface area contributed by atoms with Crippen LogP contribution >= 0.6 is 0 Å². The van der Waals surface area contributed by atoms with Gasteiger partial charge in [-0.1, -0.05) is 32.0 Å². The largest absolute Gasteiger partial charge is 0.573 e. The molecular weight excluding hydrogens is 501 g/mol. The van der Waals surface area contributed by atoms with E-state index in [9.17, 15) is 23.1 Å². The molecular formula is C27H25F3N4O4. The fraction of sp³-hybridized carbons (Fsp3) is 0.296. The van der Waals surface area contributed by atoms with E-state index in [4.69, 9.17) is 4.74 Å². The molecule has 5 rings (SSSR count). The molecule has 3 heterocycles. The summed E-state index contributed by atoms with van der Waals surface area (Å²) in [7, 11) is 0. The first-order chi connectivity index (χ1) is 18.1. The zero-order valence-electron chi connectivity index (χ0n) is 20.7. The van der Waals surface area contributed by atoms with Crippen LogP contribution in [0.3, 0.4) is 0 Å². The Hall–Kier alpha value is -4.12. The van der Waals surface area contributed by atoms with Crippen LogP contribution in [0.4, 0.5) is 18.9 Å². The number of aromatic carboxylic acids is 1. The van der Waals surface area contributed by atoms with Gasteiger partial charge in [0.25, 0.3) is 0 Å².